The lowest BCUT2D eigenvalue weighted by Gasteiger charge is -2.17. The standard InChI is InChI=1S/C27H25Cl2N5O4/c1-5-21(35)32-17-8-6-15(7-9-17)10-11-34-25-16(14-31-27(30-2)33-25)12-18(26(34)36)22-23(28)19(37-3)13-20(38-4)24(22)29/h5-9,12-14H,1,10-11H2,2-4H3,(H,32,35)(H,30,31,33). The third-order valence-electron chi connectivity index (χ3n) is 5.92. The highest BCUT2D eigenvalue weighted by Crippen LogP contribution is 2.45. The van der Waals surface area contributed by atoms with E-state index in [4.69, 9.17) is 32.7 Å². The number of fused-ring (bicyclic) bond motifs is 1. The van der Waals surface area contributed by atoms with Crippen molar-refractivity contribution in [3.05, 3.63) is 81.2 Å². The Morgan fingerprint density at radius 3 is 2.34 bits per heavy atom. The molecule has 0 radical (unpaired) electrons. The monoisotopic (exact) mass is 553 g/mol. The highest BCUT2D eigenvalue weighted by Gasteiger charge is 2.23. The van der Waals surface area contributed by atoms with E-state index in [1.54, 1.807) is 42.1 Å². The number of aromatic nitrogens is 3. The number of hydrogen-bond donors (Lipinski definition) is 2. The average molecular weight is 554 g/mol. The van der Waals surface area contributed by atoms with Crippen LogP contribution in [0.25, 0.3) is 22.2 Å². The Bertz CT molecular complexity index is 1560. The van der Waals surface area contributed by atoms with Crippen LogP contribution in [0.4, 0.5) is 11.6 Å². The Morgan fingerprint density at radius 2 is 1.76 bits per heavy atom. The van der Waals surface area contributed by atoms with E-state index >= 15 is 0 Å². The van der Waals surface area contributed by atoms with Crippen molar-refractivity contribution in [2.75, 3.05) is 31.9 Å². The quantitative estimate of drug-likeness (QED) is 0.274. The molecule has 0 bridgehead atoms. The van der Waals surface area contributed by atoms with Gasteiger partial charge in [0.2, 0.25) is 11.9 Å². The van der Waals surface area contributed by atoms with Crippen LogP contribution < -0.4 is 25.7 Å². The summed E-state index contributed by atoms with van der Waals surface area (Å²) in [6.45, 7) is 3.76. The summed E-state index contributed by atoms with van der Waals surface area (Å²) in [5.41, 5.74) is 2.26. The third-order valence-corrected chi connectivity index (χ3v) is 6.68. The van der Waals surface area contributed by atoms with Crippen LogP contribution in [-0.4, -0.2) is 41.7 Å². The summed E-state index contributed by atoms with van der Waals surface area (Å²) in [6.07, 6.45) is 3.34. The van der Waals surface area contributed by atoms with Crippen LogP contribution in [0.1, 0.15) is 5.56 Å². The van der Waals surface area contributed by atoms with E-state index < -0.39 is 0 Å². The molecular weight excluding hydrogens is 529 g/mol. The zero-order valence-corrected chi connectivity index (χ0v) is 22.5. The van der Waals surface area contributed by atoms with Crippen LogP contribution in [0, 0.1) is 0 Å². The lowest BCUT2D eigenvalue weighted by molar-refractivity contribution is -0.111. The van der Waals surface area contributed by atoms with Gasteiger partial charge in [0.1, 0.15) is 17.1 Å². The van der Waals surface area contributed by atoms with Crippen LogP contribution in [0.15, 0.2) is 60.0 Å². The molecule has 0 saturated carbocycles. The number of rotatable bonds is 9. The fraction of sp³-hybridized carbons (Fsp3) is 0.185. The normalized spacial score (nSPS) is 10.8. The zero-order chi connectivity index (χ0) is 27.4. The minimum absolute atomic E-state index is 0.186. The Morgan fingerprint density at radius 1 is 1.11 bits per heavy atom. The first-order chi connectivity index (χ1) is 18.3. The molecule has 11 heteroatoms. The highest BCUT2D eigenvalue weighted by atomic mass is 35.5. The number of carbonyl (C=O) groups is 1. The average Bonchev–Trinajstić information content (AvgIpc) is 2.93. The van der Waals surface area contributed by atoms with Crippen LogP contribution >= 0.6 is 23.2 Å². The van der Waals surface area contributed by atoms with Gasteiger partial charge in [0, 0.05) is 42.5 Å². The SMILES string of the molecule is C=CC(=O)Nc1ccc(CCn2c(=O)c(-c3c(Cl)c(OC)cc(OC)c3Cl)cc3cnc(NC)nc32)cc1. The topological polar surface area (TPSA) is 107 Å². The predicted octanol–water partition coefficient (Wildman–Crippen LogP) is 5.19. The van der Waals surface area contributed by atoms with Crippen molar-refractivity contribution in [3.63, 3.8) is 0 Å². The minimum Gasteiger partial charge on any atom is -0.495 e. The van der Waals surface area contributed by atoms with Gasteiger partial charge < -0.3 is 20.1 Å². The van der Waals surface area contributed by atoms with Gasteiger partial charge in [0.25, 0.3) is 5.56 Å². The molecule has 0 fully saturated rings. The Hall–Kier alpha value is -4.08. The molecule has 2 aromatic heterocycles. The van der Waals surface area contributed by atoms with Gasteiger partial charge in [0.05, 0.1) is 29.8 Å². The Balaban J connectivity index is 1.83. The number of hydrogen-bond acceptors (Lipinski definition) is 7. The maximum atomic E-state index is 13.9. The molecule has 2 aromatic carbocycles. The van der Waals surface area contributed by atoms with E-state index in [9.17, 15) is 9.59 Å². The van der Waals surface area contributed by atoms with E-state index in [0.717, 1.165) is 5.56 Å². The van der Waals surface area contributed by atoms with Gasteiger partial charge in [-0.3, -0.25) is 14.2 Å². The summed E-state index contributed by atoms with van der Waals surface area (Å²) in [5, 5.41) is 6.61. The maximum Gasteiger partial charge on any atom is 0.260 e. The van der Waals surface area contributed by atoms with E-state index in [1.165, 1.54) is 20.3 Å². The molecule has 4 rings (SSSR count). The van der Waals surface area contributed by atoms with E-state index in [0.29, 0.717) is 52.7 Å². The van der Waals surface area contributed by atoms with Crippen LogP contribution in [0.5, 0.6) is 11.5 Å². The number of nitrogens with zero attached hydrogens (tertiary/aromatic N) is 3. The molecule has 196 valence electrons. The largest absolute Gasteiger partial charge is 0.495 e. The van der Waals surface area contributed by atoms with Gasteiger partial charge in [-0.1, -0.05) is 41.9 Å². The second-order valence-electron chi connectivity index (χ2n) is 8.16. The van der Waals surface area contributed by atoms with Gasteiger partial charge in [-0.05, 0) is 36.3 Å². The Labute approximate surface area is 229 Å². The number of anilines is 2. The molecule has 0 spiro atoms. The summed E-state index contributed by atoms with van der Waals surface area (Å²) >= 11 is 13.3. The molecule has 2 heterocycles. The van der Waals surface area contributed by atoms with Crippen molar-refractivity contribution in [1.29, 1.82) is 0 Å². The molecule has 4 aromatic rings. The van der Waals surface area contributed by atoms with Crippen LogP contribution in [-0.2, 0) is 17.8 Å². The van der Waals surface area contributed by atoms with Crippen molar-refractivity contribution >= 4 is 51.8 Å². The van der Waals surface area contributed by atoms with Crippen LogP contribution in [0.3, 0.4) is 0 Å². The molecule has 0 aliphatic carbocycles. The smallest absolute Gasteiger partial charge is 0.260 e. The van der Waals surface area contributed by atoms with Crippen molar-refractivity contribution in [3.8, 4) is 22.6 Å². The Kier molecular flexibility index (Phi) is 8.19. The second kappa shape index (κ2) is 11.5. The number of pyridine rings is 1. The first-order valence-electron chi connectivity index (χ1n) is 11.5. The molecular formula is C27H25Cl2N5O4. The zero-order valence-electron chi connectivity index (χ0n) is 21.0. The second-order valence-corrected chi connectivity index (χ2v) is 8.92. The summed E-state index contributed by atoms with van der Waals surface area (Å²) in [4.78, 5) is 34.3. The highest BCUT2D eigenvalue weighted by molar-refractivity contribution is 6.41. The fourth-order valence-electron chi connectivity index (χ4n) is 3.98. The lowest BCUT2D eigenvalue weighted by atomic mass is 10.0. The molecule has 9 nitrogen and oxygen atoms in total. The molecule has 0 saturated heterocycles. The molecule has 0 unspecified atom stereocenters. The number of carbonyl (C=O) groups excluding carboxylic acids is 1. The number of benzene rings is 2. The van der Waals surface area contributed by atoms with E-state index in [2.05, 4.69) is 27.2 Å². The first-order valence-corrected chi connectivity index (χ1v) is 12.3. The number of nitrogens with one attached hydrogen (secondary N) is 2. The van der Waals surface area contributed by atoms with Gasteiger partial charge in [0.15, 0.2) is 0 Å². The van der Waals surface area contributed by atoms with Crippen molar-refractivity contribution in [1.82, 2.24) is 14.5 Å². The molecule has 2 N–H and O–H groups in total. The van der Waals surface area contributed by atoms with Gasteiger partial charge >= 0.3 is 0 Å². The molecule has 38 heavy (non-hydrogen) atoms. The van der Waals surface area contributed by atoms with Gasteiger partial charge in [-0.2, -0.15) is 4.98 Å². The third kappa shape index (κ3) is 5.29. The van der Waals surface area contributed by atoms with Gasteiger partial charge in [-0.15, -0.1) is 0 Å². The molecule has 0 aliphatic rings. The molecule has 0 aliphatic heterocycles. The summed E-state index contributed by atoms with van der Waals surface area (Å²) in [6, 6.07) is 10.6. The molecule has 1 amide bonds. The summed E-state index contributed by atoms with van der Waals surface area (Å²) in [7, 11) is 4.64. The maximum absolute atomic E-state index is 13.9. The van der Waals surface area contributed by atoms with Crippen LogP contribution in [0.2, 0.25) is 10.0 Å². The van der Waals surface area contributed by atoms with Crippen molar-refractivity contribution < 1.29 is 14.3 Å². The minimum atomic E-state index is -0.341. The predicted molar refractivity (Wildman–Crippen MR) is 151 cm³/mol. The first kappa shape index (κ1) is 27.0. The van der Waals surface area contributed by atoms with Crippen molar-refractivity contribution in [2.45, 2.75) is 13.0 Å². The van der Waals surface area contributed by atoms with E-state index in [-0.39, 0.29) is 27.1 Å². The summed E-state index contributed by atoms with van der Waals surface area (Å²) in [5.74, 6) is 0.720. The number of ether oxygens (including phenoxy) is 2. The lowest BCUT2D eigenvalue weighted by Crippen LogP contribution is -2.24. The summed E-state index contributed by atoms with van der Waals surface area (Å²) < 4.78 is 12.4. The number of halogens is 2. The van der Waals surface area contributed by atoms with Crippen molar-refractivity contribution in [2.24, 2.45) is 0 Å². The number of methoxy groups -OCH3 is 2. The number of amides is 1. The number of aryl methyl sites for hydroxylation is 2. The fourth-order valence-corrected chi connectivity index (χ4v) is 4.68. The van der Waals surface area contributed by atoms with E-state index in [1.807, 2.05) is 12.1 Å². The molecule has 0 atom stereocenters. The van der Waals surface area contributed by atoms with Gasteiger partial charge in [-0.25, -0.2) is 4.98 Å².